The third kappa shape index (κ3) is 7.22. The fourth-order valence-electron chi connectivity index (χ4n) is 1.47. The van der Waals surface area contributed by atoms with Crippen LogP contribution in [0.5, 0.6) is 0 Å². The van der Waals surface area contributed by atoms with E-state index in [1.54, 1.807) is 31.6 Å². The van der Waals surface area contributed by atoms with Crippen molar-refractivity contribution in [3.63, 3.8) is 0 Å². The van der Waals surface area contributed by atoms with Crippen LogP contribution in [-0.4, -0.2) is 32.4 Å². The standard InChI is InChI=1S/C12H20N2O3S2/c1-5-6-7-19(15,16)17-18(3,4)10-11(2)12(8-13)9-14/h5-7,10H2,1-4H3. The fraction of sp³-hybridized carbons (Fsp3) is 0.667. The molecule has 0 fully saturated rings. The molecule has 0 bridgehead atoms. The normalized spacial score (nSPS) is 12.3. The average molecular weight is 304 g/mol. The third-order valence-corrected chi connectivity index (χ3v) is 6.47. The zero-order chi connectivity index (χ0) is 15.1. The van der Waals surface area contributed by atoms with Crippen LogP contribution in [0.3, 0.4) is 0 Å². The van der Waals surface area contributed by atoms with Gasteiger partial charge in [0.2, 0.25) is 0 Å². The Morgan fingerprint density at radius 2 is 1.74 bits per heavy atom. The molecule has 0 aromatic carbocycles. The molecular formula is C12H20N2O3S2. The molecule has 0 aliphatic rings. The minimum absolute atomic E-state index is 0.00600. The summed E-state index contributed by atoms with van der Waals surface area (Å²) in [5.74, 6) is 0.306. The van der Waals surface area contributed by atoms with Crippen LogP contribution >= 0.6 is 10.3 Å². The summed E-state index contributed by atoms with van der Waals surface area (Å²) in [6, 6.07) is 3.60. The summed E-state index contributed by atoms with van der Waals surface area (Å²) in [6.07, 6.45) is 4.78. The Morgan fingerprint density at radius 3 is 2.16 bits per heavy atom. The van der Waals surface area contributed by atoms with E-state index in [0.717, 1.165) is 6.42 Å². The maximum absolute atomic E-state index is 11.7. The van der Waals surface area contributed by atoms with Gasteiger partial charge in [-0.3, -0.25) is 0 Å². The van der Waals surface area contributed by atoms with E-state index in [-0.39, 0.29) is 11.3 Å². The molecule has 5 nitrogen and oxygen atoms in total. The van der Waals surface area contributed by atoms with Crippen LogP contribution in [0.25, 0.3) is 0 Å². The van der Waals surface area contributed by atoms with Gasteiger partial charge in [0.05, 0.1) is 5.75 Å². The van der Waals surface area contributed by atoms with Gasteiger partial charge in [0.15, 0.2) is 0 Å². The molecule has 0 aliphatic heterocycles. The van der Waals surface area contributed by atoms with Crippen molar-refractivity contribution in [2.24, 2.45) is 0 Å². The first-order valence-electron chi connectivity index (χ1n) is 5.82. The molecule has 0 radical (unpaired) electrons. The first-order valence-corrected chi connectivity index (χ1v) is 9.94. The van der Waals surface area contributed by atoms with E-state index in [0.29, 0.717) is 17.7 Å². The van der Waals surface area contributed by atoms with Crippen LogP contribution in [0.15, 0.2) is 11.1 Å². The van der Waals surface area contributed by atoms with Crippen LogP contribution in [0.4, 0.5) is 0 Å². The number of hydrogen-bond donors (Lipinski definition) is 0. The zero-order valence-corrected chi connectivity index (χ0v) is 13.4. The topological polar surface area (TPSA) is 90.9 Å². The molecule has 0 unspecified atom stereocenters. The van der Waals surface area contributed by atoms with Crippen LogP contribution in [0.1, 0.15) is 26.7 Å². The van der Waals surface area contributed by atoms with Crippen molar-refractivity contribution in [1.82, 2.24) is 0 Å². The van der Waals surface area contributed by atoms with Gasteiger partial charge < -0.3 is 0 Å². The van der Waals surface area contributed by atoms with E-state index in [1.807, 2.05) is 6.92 Å². The van der Waals surface area contributed by atoms with Crippen LogP contribution in [0.2, 0.25) is 0 Å². The van der Waals surface area contributed by atoms with Crippen molar-refractivity contribution in [2.45, 2.75) is 26.7 Å². The molecule has 7 heteroatoms. The van der Waals surface area contributed by atoms with E-state index in [9.17, 15) is 8.42 Å². The Balaban J connectivity index is 4.89. The summed E-state index contributed by atoms with van der Waals surface area (Å²) in [5.41, 5.74) is 0.589. The molecule has 0 heterocycles. The minimum Gasteiger partial charge on any atom is -0.220 e. The first kappa shape index (κ1) is 18.0. The van der Waals surface area contributed by atoms with E-state index >= 15 is 0 Å². The molecule has 0 spiro atoms. The first-order chi connectivity index (χ1) is 8.67. The molecule has 0 aromatic heterocycles. The smallest absolute Gasteiger partial charge is 0.220 e. The Bertz CT molecular complexity index is 506. The molecule has 0 aliphatic carbocycles. The van der Waals surface area contributed by atoms with Crippen molar-refractivity contribution in [3.05, 3.63) is 11.1 Å². The van der Waals surface area contributed by atoms with Gasteiger partial charge in [-0.05, 0) is 31.4 Å². The monoisotopic (exact) mass is 304 g/mol. The molecule has 19 heavy (non-hydrogen) atoms. The number of hydrogen-bond acceptors (Lipinski definition) is 5. The molecular weight excluding hydrogens is 284 g/mol. The lowest BCUT2D eigenvalue weighted by molar-refractivity contribution is 0.509. The predicted molar refractivity (Wildman–Crippen MR) is 78.0 cm³/mol. The van der Waals surface area contributed by atoms with Gasteiger partial charge in [0.1, 0.15) is 17.7 Å². The fourth-order valence-corrected chi connectivity index (χ4v) is 6.01. The van der Waals surface area contributed by atoms with Crippen molar-refractivity contribution in [1.29, 1.82) is 10.5 Å². The van der Waals surface area contributed by atoms with E-state index < -0.39 is 20.4 Å². The Kier molecular flexibility index (Phi) is 7.14. The van der Waals surface area contributed by atoms with Crippen LogP contribution in [-0.2, 0) is 13.7 Å². The number of nitriles is 2. The summed E-state index contributed by atoms with van der Waals surface area (Å²) in [4.78, 5) is 0. The number of unbranched alkanes of at least 4 members (excludes halogenated alkanes) is 1. The van der Waals surface area contributed by atoms with E-state index in [2.05, 4.69) is 0 Å². The van der Waals surface area contributed by atoms with Gasteiger partial charge in [0.25, 0.3) is 10.1 Å². The lowest BCUT2D eigenvalue weighted by Gasteiger charge is -2.30. The van der Waals surface area contributed by atoms with Crippen LogP contribution < -0.4 is 0 Å². The number of nitrogens with zero attached hydrogens (tertiary/aromatic N) is 2. The highest BCUT2D eigenvalue weighted by Gasteiger charge is 2.23. The maximum Gasteiger partial charge on any atom is 0.276 e. The van der Waals surface area contributed by atoms with Gasteiger partial charge in [-0.15, -0.1) is 10.3 Å². The highest BCUT2D eigenvalue weighted by atomic mass is 32.3. The van der Waals surface area contributed by atoms with Gasteiger partial charge in [-0.25, -0.2) is 3.63 Å². The SMILES string of the molecule is CCCCS(=O)(=O)OS(C)(C)CC(C)=C(C#N)C#N. The third-order valence-electron chi connectivity index (χ3n) is 2.25. The van der Waals surface area contributed by atoms with Gasteiger partial charge in [-0.2, -0.15) is 18.9 Å². The Hall–Kier alpha value is -1.02. The summed E-state index contributed by atoms with van der Waals surface area (Å²) in [7, 11) is -5.42. The molecule has 108 valence electrons. The van der Waals surface area contributed by atoms with Gasteiger partial charge in [0, 0.05) is 5.75 Å². The molecule has 0 rings (SSSR count). The molecule has 0 atom stereocenters. The summed E-state index contributed by atoms with van der Waals surface area (Å²) in [5, 5.41) is 17.5. The lowest BCUT2D eigenvalue weighted by Crippen LogP contribution is -2.16. The minimum atomic E-state index is -3.54. The molecule has 0 amide bonds. The highest BCUT2D eigenvalue weighted by Crippen LogP contribution is 2.45. The highest BCUT2D eigenvalue weighted by molar-refractivity contribution is 8.32. The van der Waals surface area contributed by atoms with Crippen molar-refractivity contribution < 1.29 is 12.0 Å². The summed E-state index contributed by atoms with van der Waals surface area (Å²) < 4.78 is 28.7. The van der Waals surface area contributed by atoms with Crippen molar-refractivity contribution in [3.8, 4) is 12.1 Å². The van der Waals surface area contributed by atoms with Crippen LogP contribution in [0, 0.1) is 22.7 Å². The Morgan fingerprint density at radius 1 is 1.21 bits per heavy atom. The van der Waals surface area contributed by atoms with E-state index in [4.69, 9.17) is 14.2 Å². The lowest BCUT2D eigenvalue weighted by atomic mass is 10.2. The number of allylic oxidation sites excluding steroid dienone is 1. The quantitative estimate of drug-likeness (QED) is 0.674. The number of rotatable bonds is 7. The molecule has 0 N–H and O–H groups in total. The summed E-state index contributed by atoms with van der Waals surface area (Å²) in [6.45, 7) is 3.56. The van der Waals surface area contributed by atoms with Crippen molar-refractivity contribution >= 4 is 20.4 Å². The zero-order valence-electron chi connectivity index (χ0n) is 11.8. The predicted octanol–water partition coefficient (Wildman–Crippen LogP) is 2.48. The second kappa shape index (κ2) is 7.54. The second-order valence-electron chi connectivity index (χ2n) is 4.64. The average Bonchev–Trinajstić information content (AvgIpc) is 2.25. The Labute approximate surface area is 117 Å². The maximum atomic E-state index is 11.7. The van der Waals surface area contributed by atoms with Gasteiger partial charge >= 0.3 is 0 Å². The molecule has 0 saturated heterocycles. The molecule has 0 aromatic rings. The van der Waals surface area contributed by atoms with E-state index in [1.165, 1.54) is 0 Å². The molecule has 0 saturated carbocycles. The largest absolute Gasteiger partial charge is 0.276 e. The second-order valence-corrected chi connectivity index (χ2v) is 9.87. The van der Waals surface area contributed by atoms with Gasteiger partial charge in [-0.1, -0.05) is 13.3 Å². The summed E-state index contributed by atoms with van der Waals surface area (Å²) >= 11 is 0. The van der Waals surface area contributed by atoms with Crippen molar-refractivity contribution in [2.75, 3.05) is 24.0 Å².